The van der Waals surface area contributed by atoms with Crippen LogP contribution in [0.1, 0.15) is 40.1 Å². The molecule has 4 rings (SSSR count). The van der Waals surface area contributed by atoms with E-state index in [9.17, 15) is 4.79 Å². The third-order valence-electron chi connectivity index (χ3n) is 4.76. The van der Waals surface area contributed by atoms with Crippen molar-refractivity contribution in [3.05, 3.63) is 57.8 Å². The predicted molar refractivity (Wildman–Crippen MR) is 118 cm³/mol. The Balaban J connectivity index is 1.55. The van der Waals surface area contributed by atoms with E-state index in [2.05, 4.69) is 26.9 Å². The van der Waals surface area contributed by atoms with E-state index in [0.29, 0.717) is 5.56 Å². The molecule has 0 bridgehead atoms. The Kier molecular flexibility index (Phi) is 5.83. The minimum Gasteiger partial charge on any atom is -0.348 e. The number of benzene rings is 1. The fourth-order valence-corrected chi connectivity index (χ4v) is 5.05. The van der Waals surface area contributed by atoms with Gasteiger partial charge in [0.15, 0.2) is 5.13 Å². The van der Waals surface area contributed by atoms with Crippen LogP contribution < -0.4 is 10.3 Å². The highest BCUT2D eigenvalue weighted by Gasteiger charge is 2.19. The lowest BCUT2D eigenvalue weighted by Gasteiger charge is -2.25. The van der Waals surface area contributed by atoms with Gasteiger partial charge >= 0.3 is 0 Å². The highest BCUT2D eigenvalue weighted by Crippen LogP contribution is 2.35. The minimum absolute atomic E-state index is 0.201. The van der Waals surface area contributed by atoms with Gasteiger partial charge in [-0.2, -0.15) is 5.10 Å². The van der Waals surface area contributed by atoms with Crippen LogP contribution in [-0.4, -0.2) is 30.2 Å². The molecule has 2 aromatic heterocycles. The van der Waals surface area contributed by atoms with Crippen LogP contribution in [0, 0.1) is 6.92 Å². The van der Waals surface area contributed by atoms with E-state index >= 15 is 0 Å². The SMILES string of the molecule is Cc1ccccc1C(=O)N/N=C\c1sc(N2CCCCC2)nc1-c1cccs1. The van der Waals surface area contributed by atoms with Crippen LogP contribution in [0.4, 0.5) is 5.13 Å². The van der Waals surface area contributed by atoms with Crippen molar-refractivity contribution in [2.75, 3.05) is 18.0 Å². The van der Waals surface area contributed by atoms with Gasteiger partial charge in [0.25, 0.3) is 5.91 Å². The molecule has 1 aliphatic heterocycles. The second kappa shape index (κ2) is 8.67. The highest BCUT2D eigenvalue weighted by atomic mass is 32.1. The van der Waals surface area contributed by atoms with Crippen LogP contribution in [0.15, 0.2) is 46.9 Å². The zero-order chi connectivity index (χ0) is 19.3. The standard InChI is InChI=1S/C21H22N4OS2/c1-15-8-3-4-9-16(15)20(26)24-22-14-18-19(17-10-7-13-27-17)23-21(28-18)25-11-5-2-6-12-25/h3-4,7-10,13-14H,2,5-6,11-12H2,1H3,(H,24,26)/b22-14-. The number of aromatic nitrogens is 1. The maximum atomic E-state index is 12.4. The Labute approximate surface area is 172 Å². The second-order valence-electron chi connectivity index (χ2n) is 6.75. The first kappa shape index (κ1) is 18.8. The molecule has 1 N–H and O–H groups in total. The molecule has 0 unspecified atom stereocenters. The van der Waals surface area contributed by atoms with Gasteiger partial charge in [0.1, 0.15) is 5.69 Å². The number of amides is 1. The topological polar surface area (TPSA) is 57.6 Å². The lowest BCUT2D eigenvalue weighted by atomic mass is 10.1. The van der Waals surface area contributed by atoms with Gasteiger partial charge in [0, 0.05) is 18.7 Å². The van der Waals surface area contributed by atoms with Crippen molar-refractivity contribution < 1.29 is 4.79 Å². The number of carbonyl (C=O) groups is 1. The van der Waals surface area contributed by atoms with Crippen LogP contribution in [0.5, 0.6) is 0 Å². The van der Waals surface area contributed by atoms with Crippen LogP contribution in [0.25, 0.3) is 10.6 Å². The Bertz CT molecular complexity index is 972. The van der Waals surface area contributed by atoms with Crippen molar-refractivity contribution >= 4 is 39.9 Å². The summed E-state index contributed by atoms with van der Waals surface area (Å²) in [7, 11) is 0. The number of hydrogen-bond donors (Lipinski definition) is 1. The maximum absolute atomic E-state index is 12.4. The zero-order valence-corrected chi connectivity index (χ0v) is 17.4. The van der Waals surface area contributed by atoms with E-state index in [1.165, 1.54) is 19.3 Å². The van der Waals surface area contributed by atoms with Crippen molar-refractivity contribution in [2.45, 2.75) is 26.2 Å². The molecule has 1 aromatic carbocycles. The van der Waals surface area contributed by atoms with E-state index < -0.39 is 0 Å². The number of piperidine rings is 1. The molecule has 28 heavy (non-hydrogen) atoms. The van der Waals surface area contributed by atoms with Gasteiger partial charge in [-0.3, -0.25) is 4.79 Å². The van der Waals surface area contributed by atoms with Gasteiger partial charge in [-0.15, -0.1) is 11.3 Å². The number of thiophene rings is 1. The van der Waals surface area contributed by atoms with Crippen LogP contribution >= 0.6 is 22.7 Å². The predicted octanol–water partition coefficient (Wildman–Crippen LogP) is 4.93. The number of thiazole rings is 1. The number of nitrogens with one attached hydrogen (secondary N) is 1. The average molecular weight is 411 g/mol. The Morgan fingerprint density at radius 2 is 2.00 bits per heavy atom. The van der Waals surface area contributed by atoms with Gasteiger partial charge < -0.3 is 4.90 Å². The molecule has 0 spiro atoms. The molecule has 0 atom stereocenters. The summed E-state index contributed by atoms with van der Waals surface area (Å²) in [6.45, 7) is 4.03. The molecule has 3 heterocycles. The van der Waals surface area contributed by atoms with Gasteiger partial charge in [-0.05, 0) is 49.3 Å². The summed E-state index contributed by atoms with van der Waals surface area (Å²) in [5.74, 6) is -0.201. The molecule has 0 aliphatic carbocycles. The van der Waals surface area contributed by atoms with Crippen molar-refractivity contribution in [1.29, 1.82) is 0 Å². The van der Waals surface area contributed by atoms with Gasteiger partial charge in [0.05, 0.1) is 16.0 Å². The Morgan fingerprint density at radius 1 is 1.18 bits per heavy atom. The third-order valence-corrected chi connectivity index (χ3v) is 6.69. The van der Waals surface area contributed by atoms with Crippen molar-refractivity contribution in [3.63, 3.8) is 0 Å². The molecule has 7 heteroatoms. The van der Waals surface area contributed by atoms with E-state index in [1.54, 1.807) is 35.0 Å². The summed E-state index contributed by atoms with van der Waals surface area (Å²) in [6, 6.07) is 11.6. The smallest absolute Gasteiger partial charge is 0.271 e. The first-order valence-electron chi connectivity index (χ1n) is 9.41. The lowest BCUT2D eigenvalue weighted by molar-refractivity contribution is 0.0954. The van der Waals surface area contributed by atoms with E-state index in [4.69, 9.17) is 4.98 Å². The molecule has 3 aromatic rings. The summed E-state index contributed by atoms with van der Waals surface area (Å²) < 4.78 is 0. The molecule has 1 fully saturated rings. The van der Waals surface area contributed by atoms with E-state index in [0.717, 1.165) is 39.2 Å². The monoisotopic (exact) mass is 410 g/mol. The fraction of sp³-hybridized carbons (Fsp3) is 0.286. The summed E-state index contributed by atoms with van der Waals surface area (Å²) in [5, 5.41) is 7.31. The summed E-state index contributed by atoms with van der Waals surface area (Å²) >= 11 is 3.30. The molecular formula is C21H22N4OS2. The van der Waals surface area contributed by atoms with Crippen molar-refractivity contribution in [3.8, 4) is 10.6 Å². The molecule has 0 saturated carbocycles. The largest absolute Gasteiger partial charge is 0.348 e. The number of carbonyl (C=O) groups excluding carboxylic acids is 1. The maximum Gasteiger partial charge on any atom is 0.271 e. The average Bonchev–Trinajstić information content (AvgIpc) is 3.39. The van der Waals surface area contributed by atoms with E-state index in [1.807, 2.05) is 31.2 Å². The first-order chi connectivity index (χ1) is 13.7. The zero-order valence-electron chi connectivity index (χ0n) is 15.7. The molecule has 1 amide bonds. The van der Waals surface area contributed by atoms with Crippen LogP contribution in [0.3, 0.4) is 0 Å². The molecule has 144 valence electrons. The molecule has 0 radical (unpaired) electrons. The van der Waals surface area contributed by atoms with Gasteiger partial charge in [-0.25, -0.2) is 10.4 Å². The summed E-state index contributed by atoms with van der Waals surface area (Å²) in [4.78, 5) is 21.7. The Hall–Kier alpha value is -2.51. The third kappa shape index (κ3) is 4.15. The highest BCUT2D eigenvalue weighted by molar-refractivity contribution is 7.18. The molecule has 5 nitrogen and oxygen atoms in total. The number of hydrazone groups is 1. The van der Waals surface area contributed by atoms with Gasteiger partial charge in [0.2, 0.25) is 0 Å². The van der Waals surface area contributed by atoms with Crippen LogP contribution in [0.2, 0.25) is 0 Å². The summed E-state index contributed by atoms with van der Waals surface area (Å²) in [5.41, 5.74) is 5.15. The number of nitrogens with zero attached hydrogens (tertiary/aromatic N) is 3. The van der Waals surface area contributed by atoms with Crippen molar-refractivity contribution in [2.24, 2.45) is 5.10 Å². The van der Waals surface area contributed by atoms with Crippen LogP contribution in [-0.2, 0) is 0 Å². The van der Waals surface area contributed by atoms with Crippen molar-refractivity contribution in [1.82, 2.24) is 10.4 Å². The number of aryl methyl sites for hydroxylation is 1. The Morgan fingerprint density at radius 3 is 2.75 bits per heavy atom. The van der Waals surface area contributed by atoms with Gasteiger partial charge in [-0.1, -0.05) is 35.6 Å². The number of hydrogen-bond acceptors (Lipinski definition) is 6. The first-order valence-corrected chi connectivity index (χ1v) is 11.1. The molecule has 1 saturated heterocycles. The fourth-order valence-electron chi connectivity index (χ4n) is 3.26. The van der Waals surface area contributed by atoms with E-state index in [-0.39, 0.29) is 5.91 Å². The number of rotatable bonds is 5. The number of anilines is 1. The minimum atomic E-state index is -0.201. The lowest BCUT2D eigenvalue weighted by Crippen LogP contribution is -2.29. The quantitative estimate of drug-likeness (QED) is 0.479. The molecule has 1 aliphatic rings. The summed E-state index contributed by atoms with van der Waals surface area (Å²) in [6.07, 6.45) is 5.43. The molecular weight excluding hydrogens is 388 g/mol. The second-order valence-corrected chi connectivity index (χ2v) is 8.71. The normalized spacial score (nSPS) is 14.5.